The maximum atomic E-state index is 12.3. The normalized spacial score (nSPS) is 12.4. The van der Waals surface area contributed by atoms with Crippen molar-refractivity contribution >= 4 is 5.91 Å². The van der Waals surface area contributed by atoms with E-state index in [0.717, 1.165) is 24.5 Å². The molecule has 1 aromatic heterocycles. The van der Waals surface area contributed by atoms with Crippen LogP contribution in [0.25, 0.3) is 11.4 Å². The number of aromatic amines is 1. The molecule has 0 fully saturated rings. The second-order valence-corrected chi connectivity index (χ2v) is 5.69. The number of hydrogen-bond acceptors (Lipinski definition) is 3. The van der Waals surface area contributed by atoms with Gasteiger partial charge in [0, 0.05) is 36.6 Å². The summed E-state index contributed by atoms with van der Waals surface area (Å²) in [4.78, 5) is 21.8. The third-order valence-electron chi connectivity index (χ3n) is 3.67. The van der Waals surface area contributed by atoms with Gasteiger partial charge < -0.3 is 15.2 Å². The van der Waals surface area contributed by atoms with Crippen LogP contribution < -0.4 is 5.32 Å². The minimum atomic E-state index is -0.0422. The molecular weight excluding hydrogens is 276 g/mol. The molecule has 0 aliphatic rings. The largest absolute Gasteiger partial charge is 0.352 e. The zero-order valence-electron chi connectivity index (χ0n) is 13.5. The predicted octanol–water partition coefficient (Wildman–Crippen LogP) is 2.39. The van der Waals surface area contributed by atoms with Gasteiger partial charge in [0.05, 0.1) is 0 Å². The molecule has 0 radical (unpaired) electrons. The number of hydrogen-bond donors (Lipinski definition) is 2. The Morgan fingerprint density at radius 3 is 2.95 bits per heavy atom. The van der Waals surface area contributed by atoms with Crippen LogP contribution in [-0.2, 0) is 0 Å². The first-order chi connectivity index (χ1) is 10.6. The molecule has 5 heteroatoms. The summed E-state index contributed by atoms with van der Waals surface area (Å²) in [5, 5.41) is 3.00. The van der Waals surface area contributed by atoms with Crippen LogP contribution in [0.1, 0.15) is 24.2 Å². The molecule has 2 N–H and O–H groups in total. The summed E-state index contributed by atoms with van der Waals surface area (Å²) < 4.78 is 0. The van der Waals surface area contributed by atoms with Crippen LogP contribution in [-0.4, -0.2) is 47.5 Å². The molecule has 1 atom stereocenters. The zero-order valence-corrected chi connectivity index (χ0v) is 13.5. The molecule has 22 heavy (non-hydrogen) atoms. The van der Waals surface area contributed by atoms with Gasteiger partial charge >= 0.3 is 0 Å². The maximum absolute atomic E-state index is 12.3. The van der Waals surface area contributed by atoms with Gasteiger partial charge in [-0.1, -0.05) is 26.0 Å². The molecule has 1 heterocycles. The lowest BCUT2D eigenvalue weighted by Gasteiger charge is -2.19. The standard InChI is InChI=1S/C17H24N4O/c1-4-21(3)12-13(2)11-20-17(22)15-7-5-6-14(10-15)16-18-8-9-19-16/h5-10,13H,4,11-12H2,1-3H3,(H,18,19)(H,20,22). The molecule has 0 saturated heterocycles. The van der Waals surface area contributed by atoms with Crippen molar-refractivity contribution in [1.29, 1.82) is 0 Å². The van der Waals surface area contributed by atoms with E-state index in [1.54, 1.807) is 12.4 Å². The minimum Gasteiger partial charge on any atom is -0.352 e. The van der Waals surface area contributed by atoms with E-state index in [1.807, 2.05) is 24.3 Å². The number of carbonyl (C=O) groups excluding carboxylic acids is 1. The second kappa shape index (κ2) is 7.75. The smallest absolute Gasteiger partial charge is 0.251 e. The summed E-state index contributed by atoms with van der Waals surface area (Å²) in [5.41, 5.74) is 1.57. The molecule has 0 saturated carbocycles. The molecule has 1 aromatic carbocycles. The summed E-state index contributed by atoms with van der Waals surface area (Å²) >= 11 is 0. The highest BCUT2D eigenvalue weighted by Crippen LogP contribution is 2.16. The van der Waals surface area contributed by atoms with Crippen LogP contribution in [0.3, 0.4) is 0 Å². The molecule has 1 unspecified atom stereocenters. The Morgan fingerprint density at radius 1 is 1.45 bits per heavy atom. The first-order valence-corrected chi connectivity index (χ1v) is 7.66. The highest BCUT2D eigenvalue weighted by atomic mass is 16.1. The number of aromatic nitrogens is 2. The van der Waals surface area contributed by atoms with E-state index >= 15 is 0 Å². The average molecular weight is 300 g/mol. The third kappa shape index (κ3) is 4.43. The van der Waals surface area contributed by atoms with E-state index in [-0.39, 0.29) is 5.91 Å². The van der Waals surface area contributed by atoms with Crippen molar-refractivity contribution in [3.8, 4) is 11.4 Å². The molecule has 0 bridgehead atoms. The van der Waals surface area contributed by atoms with Gasteiger partial charge in [0.2, 0.25) is 0 Å². The van der Waals surface area contributed by atoms with Gasteiger partial charge in [0.25, 0.3) is 5.91 Å². The number of amides is 1. The fourth-order valence-electron chi connectivity index (χ4n) is 2.33. The van der Waals surface area contributed by atoms with Crippen LogP contribution in [0.2, 0.25) is 0 Å². The van der Waals surface area contributed by atoms with Crippen molar-refractivity contribution in [2.24, 2.45) is 5.92 Å². The lowest BCUT2D eigenvalue weighted by Crippen LogP contribution is -2.34. The van der Waals surface area contributed by atoms with Gasteiger partial charge in [-0.25, -0.2) is 4.98 Å². The Kier molecular flexibility index (Phi) is 5.72. The van der Waals surface area contributed by atoms with Gasteiger partial charge in [0.15, 0.2) is 0 Å². The topological polar surface area (TPSA) is 61.0 Å². The van der Waals surface area contributed by atoms with E-state index in [0.29, 0.717) is 18.0 Å². The zero-order chi connectivity index (χ0) is 15.9. The van der Waals surface area contributed by atoms with Crippen molar-refractivity contribution in [2.75, 3.05) is 26.7 Å². The summed E-state index contributed by atoms with van der Waals surface area (Å²) in [6, 6.07) is 7.50. The van der Waals surface area contributed by atoms with Crippen LogP contribution in [0, 0.1) is 5.92 Å². The number of imidazole rings is 1. The summed E-state index contributed by atoms with van der Waals surface area (Å²) in [6.45, 7) is 6.94. The van der Waals surface area contributed by atoms with Crippen LogP contribution in [0.15, 0.2) is 36.7 Å². The number of benzene rings is 1. The Balaban J connectivity index is 1.94. The Labute approximate surface area is 131 Å². The summed E-state index contributed by atoms with van der Waals surface area (Å²) in [6.07, 6.45) is 3.47. The molecule has 2 aromatic rings. The highest BCUT2D eigenvalue weighted by molar-refractivity contribution is 5.95. The highest BCUT2D eigenvalue weighted by Gasteiger charge is 2.10. The Morgan fingerprint density at radius 2 is 2.27 bits per heavy atom. The van der Waals surface area contributed by atoms with Gasteiger partial charge in [0.1, 0.15) is 5.82 Å². The van der Waals surface area contributed by atoms with E-state index in [2.05, 4.69) is 41.1 Å². The first kappa shape index (κ1) is 16.2. The minimum absolute atomic E-state index is 0.0422. The van der Waals surface area contributed by atoms with E-state index in [1.165, 1.54) is 0 Å². The predicted molar refractivity (Wildman–Crippen MR) is 88.7 cm³/mol. The molecular formula is C17H24N4O. The second-order valence-electron chi connectivity index (χ2n) is 5.69. The van der Waals surface area contributed by atoms with E-state index < -0.39 is 0 Å². The molecule has 0 aliphatic heterocycles. The fourth-order valence-corrected chi connectivity index (χ4v) is 2.33. The number of nitrogens with zero attached hydrogens (tertiary/aromatic N) is 2. The van der Waals surface area contributed by atoms with Crippen LogP contribution in [0.5, 0.6) is 0 Å². The molecule has 2 rings (SSSR count). The van der Waals surface area contributed by atoms with E-state index in [9.17, 15) is 4.79 Å². The van der Waals surface area contributed by atoms with Gasteiger partial charge in [-0.15, -0.1) is 0 Å². The van der Waals surface area contributed by atoms with Crippen molar-refractivity contribution in [1.82, 2.24) is 20.2 Å². The Hall–Kier alpha value is -2.14. The molecule has 0 spiro atoms. The molecule has 1 amide bonds. The van der Waals surface area contributed by atoms with Gasteiger partial charge in [-0.05, 0) is 31.6 Å². The summed E-state index contributed by atoms with van der Waals surface area (Å²) in [5.74, 6) is 1.15. The SMILES string of the molecule is CCN(C)CC(C)CNC(=O)c1cccc(-c2ncc[nH]2)c1. The third-order valence-corrected chi connectivity index (χ3v) is 3.67. The number of rotatable bonds is 7. The number of nitrogens with one attached hydrogen (secondary N) is 2. The maximum Gasteiger partial charge on any atom is 0.251 e. The van der Waals surface area contributed by atoms with Crippen LogP contribution >= 0.6 is 0 Å². The van der Waals surface area contributed by atoms with Gasteiger partial charge in [-0.2, -0.15) is 0 Å². The number of carbonyl (C=O) groups is 1. The van der Waals surface area contributed by atoms with Crippen molar-refractivity contribution in [2.45, 2.75) is 13.8 Å². The average Bonchev–Trinajstić information content (AvgIpc) is 3.07. The Bertz CT molecular complexity index is 594. The number of H-pyrrole nitrogens is 1. The van der Waals surface area contributed by atoms with E-state index in [4.69, 9.17) is 0 Å². The molecule has 118 valence electrons. The van der Waals surface area contributed by atoms with Gasteiger partial charge in [-0.3, -0.25) is 4.79 Å². The first-order valence-electron chi connectivity index (χ1n) is 7.66. The van der Waals surface area contributed by atoms with Crippen molar-refractivity contribution in [3.63, 3.8) is 0 Å². The van der Waals surface area contributed by atoms with Crippen molar-refractivity contribution < 1.29 is 4.79 Å². The lowest BCUT2D eigenvalue weighted by molar-refractivity contribution is 0.0945. The lowest BCUT2D eigenvalue weighted by atomic mass is 10.1. The molecule has 5 nitrogen and oxygen atoms in total. The van der Waals surface area contributed by atoms with Crippen molar-refractivity contribution in [3.05, 3.63) is 42.2 Å². The van der Waals surface area contributed by atoms with Crippen LogP contribution in [0.4, 0.5) is 0 Å². The monoisotopic (exact) mass is 300 g/mol. The quantitative estimate of drug-likeness (QED) is 0.825. The molecule has 0 aliphatic carbocycles. The summed E-state index contributed by atoms with van der Waals surface area (Å²) in [7, 11) is 2.09. The fraction of sp³-hybridized carbons (Fsp3) is 0.412.